The quantitative estimate of drug-likeness (QED) is 0.909. The van der Waals surface area contributed by atoms with Crippen molar-refractivity contribution in [2.75, 3.05) is 18.0 Å². The molecule has 0 spiro atoms. The van der Waals surface area contributed by atoms with Gasteiger partial charge in [-0.25, -0.2) is 4.98 Å². The highest BCUT2D eigenvalue weighted by atomic mass is 16.3. The van der Waals surface area contributed by atoms with Gasteiger partial charge in [0.2, 0.25) is 0 Å². The van der Waals surface area contributed by atoms with Gasteiger partial charge in [0.15, 0.2) is 0 Å². The third kappa shape index (κ3) is 3.27. The Labute approximate surface area is 116 Å². The van der Waals surface area contributed by atoms with E-state index in [4.69, 9.17) is 4.98 Å². The monoisotopic (exact) mass is 262 g/mol. The average Bonchev–Trinajstić information content (AvgIpc) is 2.87. The Hall–Kier alpha value is -1.09. The zero-order valence-corrected chi connectivity index (χ0v) is 12.6. The van der Waals surface area contributed by atoms with Crippen molar-refractivity contribution in [3.8, 4) is 0 Å². The third-order valence-electron chi connectivity index (χ3n) is 4.21. The van der Waals surface area contributed by atoms with Crippen LogP contribution in [0.5, 0.6) is 0 Å². The molecule has 0 aliphatic carbocycles. The van der Waals surface area contributed by atoms with E-state index >= 15 is 0 Å². The van der Waals surface area contributed by atoms with Gasteiger partial charge in [-0.2, -0.15) is 0 Å². The summed E-state index contributed by atoms with van der Waals surface area (Å²) < 4.78 is 0. The van der Waals surface area contributed by atoms with Crippen LogP contribution in [0.25, 0.3) is 0 Å². The molecule has 2 rings (SSSR count). The normalized spacial score (nSPS) is 20.1. The molecule has 106 valence electrons. The summed E-state index contributed by atoms with van der Waals surface area (Å²) in [6.45, 7) is 11.3. The van der Waals surface area contributed by atoms with Crippen molar-refractivity contribution in [3.05, 3.63) is 23.4 Å². The number of aliphatic hydroxyl groups excluding tert-OH is 1. The molecule has 0 amide bonds. The molecule has 3 nitrogen and oxygen atoms in total. The Kier molecular flexibility index (Phi) is 4.14. The van der Waals surface area contributed by atoms with Gasteiger partial charge in [-0.15, -0.1) is 0 Å². The zero-order chi connectivity index (χ0) is 14.0. The molecule has 1 aromatic heterocycles. The fourth-order valence-corrected chi connectivity index (χ4v) is 2.74. The molecule has 1 aromatic rings. The Bertz CT molecular complexity index is 415. The van der Waals surface area contributed by atoms with Crippen molar-refractivity contribution in [2.24, 2.45) is 11.3 Å². The van der Waals surface area contributed by atoms with Gasteiger partial charge in [-0.3, -0.25) is 0 Å². The second-order valence-electron chi connectivity index (χ2n) is 6.63. The molecule has 1 aliphatic rings. The van der Waals surface area contributed by atoms with Gasteiger partial charge in [0.05, 0.1) is 6.61 Å². The summed E-state index contributed by atoms with van der Waals surface area (Å²) in [6.07, 6.45) is 2.15. The van der Waals surface area contributed by atoms with Crippen LogP contribution in [0, 0.1) is 11.3 Å². The van der Waals surface area contributed by atoms with Crippen LogP contribution in [-0.2, 0) is 13.0 Å². The number of aliphatic hydroxyl groups is 1. The van der Waals surface area contributed by atoms with Crippen molar-refractivity contribution in [1.82, 2.24) is 4.98 Å². The highest BCUT2D eigenvalue weighted by Gasteiger charge is 2.32. The van der Waals surface area contributed by atoms with E-state index in [2.05, 4.69) is 32.6 Å². The van der Waals surface area contributed by atoms with Gasteiger partial charge < -0.3 is 10.0 Å². The molecule has 0 aromatic carbocycles. The summed E-state index contributed by atoms with van der Waals surface area (Å²) in [7, 11) is 0. The maximum atomic E-state index is 9.36. The number of hydrogen-bond donors (Lipinski definition) is 1. The molecule has 0 bridgehead atoms. The van der Waals surface area contributed by atoms with Gasteiger partial charge in [0.1, 0.15) is 5.82 Å². The summed E-state index contributed by atoms with van der Waals surface area (Å²) >= 11 is 0. The van der Waals surface area contributed by atoms with Gasteiger partial charge in [0.25, 0.3) is 0 Å². The average molecular weight is 262 g/mol. The number of hydrogen-bond acceptors (Lipinski definition) is 3. The number of rotatable bonds is 3. The van der Waals surface area contributed by atoms with Crippen LogP contribution in [0.15, 0.2) is 12.1 Å². The molecule has 1 atom stereocenters. The molecule has 1 fully saturated rings. The lowest BCUT2D eigenvalue weighted by atomic mass is 9.80. The first-order valence-corrected chi connectivity index (χ1v) is 7.29. The predicted octanol–water partition coefficient (Wildman–Crippen LogP) is 3.01. The maximum Gasteiger partial charge on any atom is 0.129 e. The van der Waals surface area contributed by atoms with Crippen LogP contribution in [0.4, 0.5) is 5.82 Å². The van der Waals surface area contributed by atoms with Crippen LogP contribution in [-0.4, -0.2) is 23.2 Å². The first-order chi connectivity index (χ1) is 8.94. The lowest BCUT2D eigenvalue weighted by Gasteiger charge is -2.27. The van der Waals surface area contributed by atoms with Crippen molar-refractivity contribution < 1.29 is 5.11 Å². The fraction of sp³-hybridized carbons (Fsp3) is 0.688. The molecule has 19 heavy (non-hydrogen) atoms. The summed E-state index contributed by atoms with van der Waals surface area (Å²) in [5.74, 6) is 1.76. The summed E-state index contributed by atoms with van der Waals surface area (Å²) in [4.78, 5) is 7.08. The molecule has 1 aliphatic heterocycles. The molecule has 1 N–H and O–H groups in total. The molecular formula is C16H26N2O. The van der Waals surface area contributed by atoms with Gasteiger partial charge in [0, 0.05) is 18.8 Å². The van der Waals surface area contributed by atoms with Crippen LogP contribution in [0.3, 0.4) is 0 Å². The van der Waals surface area contributed by atoms with E-state index < -0.39 is 0 Å². The molecule has 3 heteroatoms. The number of anilines is 1. The van der Waals surface area contributed by atoms with E-state index in [1.165, 1.54) is 6.42 Å². The van der Waals surface area contributed by atoms with E-state index in [1.54, 1.807) is 0 Å². The third-order valence-corrected chi connectivity index (χ3v) is 4.21. The standard InChI is InChI=1S/C16H26N2O/c1-5-14-8-12(11-19)9-15(17-14)18-7-6-13(10-18)16(2,3)4/h8-9,13,19H,5-7,10-11H2,1-4H3. The van der Waals surface area contributed by atoms with Crippen molar-refractivity contribution in [1.29, 1.82) is 0 Å². The minimum atomic E-state index is 0.0963. The van der Waals surface area contributed by atoms with Crippen molar-refractivity contribution in [3.63, 3.8) is 0 Å². The first-order valence-electron chi connectivity index (χ1n) is 7.29. The van der Waals surface area contributed by atoms with Crippen molar-refractivity contribution in [2.45, 2.75) is 47.1 Å². The highest BCUT2D eigenvalue weighted by molar-refractivity contribution is 5.44. The second-order valence-corrected chi connectivity index (χ2v) is 6.63. The molecule has 0 saturated carbocycles. The van der Waals surface area contributed by atoms with Crippen molar-refractivity contribution >= 4 is 5.82 Å². The van der Waals surface area contributed by atoms with Crippen LogP contribution < -0.4 is 4.90 Å². The smallest absolute Gasteiger partial charge is 0.129 e. The van der Waals surface area contributed by atoms with E-state index in [1.807, 2.05) is 12.1 Å². The maximum absolute atomic E-state index is 9.36. The second kappa shape index (κ2) is 5.49. The fourth-order valence-electron chi connectivity index (χ4n) is 2.74. The number of aromatic nitrogens is 1. The molecule has 1 saturated heterocycles. The van der Waals surface area contributed by atoms with E-state index in [0.29, 0.717) is 5.41 Å². The van der Waals surface area contributed by atoms with Gasteiger partial charge in [-0.05, 0) is 41.9 Å². The molecule has 2 heterocycles. The number of aryl methyl sites for hydroxylation is 1. The Morgan fingerprint density at radius 3 is 2.63 bits per heavy atom. The molecular weight excluding hydrogens is 236 g/mol. The Morgan fingerprint density at radius 2 is 2.11 bits per heavy atom. The molecule has 0 radical (unpaired) electrons. The zero-order valence-electron chi connectivity index (χ0n) is 12.6. The summed E-state index contributed by atoms with van der Waals surface area (Å²) in [6, 6.07) is 4.03. The Morgan fingerprint density at radius 1 is 1.37 bits per heavy atom. The van der Waals surface area contributed by atoms with Crippen LogP contribution >= 0.6 is 0 Å². The minimum Gasteiger partial charge on any atom is -0.392 e. The predicted molar refractivity (Wildman–Crippen MR) is 79.3 cm³/mol. The van der Waals surface area contributed by atoms with E-state index in [0.717, 1.165) is 42.5 Å². The number of nitrogens with zero attached hydrogens (tertiary/aromatic N) is 2. The topological polar surface area (TPSA) is 36.4 Å². The van der Waals surface area contributed by atoms with E-state index in [-0.39, 0.29) is 6.61 Å². The largest absolute Gasteiger partial charge is 0.392 e. The summed E-state index contributed by atoms with van der Waals surface area (Å²) in [5, 5.41) is 9.36. The van der Waals surface area contributed by atoms with Crippen LogP contribution in [0.1, 0.15) is 45.4 Å². The van der Waals surface area contributed by atoms with Gasteiger partial charge >= 0.3 is 0 Å². The molecule has 1 unspecified atom stereocenters. The Balaban J connectivity index is 2.19. The number of pyridine rings is 1. The van der Waals surface area contributed by atoms with E-state index in [9.17, 15) is 5.11 Å². The minimum absolute atomic E-state index is 0.0963. The first kappa shape index (κ1) is 14.3. The lowest BCUT2D eigenvalue weighted by molar-refractivity contribution is 0.263. The lowest BCUT2D eigenvalue weighted by Crippen LogP contribution is -2.26. The summed E-state index contributed by atoms with van der Waals surface area (Å²) in [5.41, 5.74) is 2.40. The van der Waals surface area contributed by atoms with Crippen LogP contribution in [0.2, 0.25) is 0 Å². The SMILES string of the molecule is CCc1cc(CO)cc(N2CCC(C(C)(C)C)C2)n1. The highest BCUT2D eigenvalue weighted by Crippen LogP contribution is 2.35. The van der Waals surface area contributed by atoms with Gasteiger partial charge in [-0.1, -0.05) is 27.7 Å².